The molecular weight excluding hydrogens is 173 g/mol. The van der Waals surface area contributed by atoms with E-state index in [1.807, 2.05) is 0 Å². The Morgan fingerprint density at radius 3 is 1.00 bits per heavy atom. The van der Waals surface area contributed by atoms with Crippen molar-refractivity contribution in [1.82, 2.24) is 0 Å². The van der Waals surface area contributed by atoms with Crippen LogP contribution in [0.1, 0.15) is 0 Å². The molecule has 5 heavy (non-hydrogen) atoms. The van der Waals surface area contributed by atoms with Gasteiger partial charge < -0.3 is 11.0 Å². The van der Waals surface area contributed by atoms with Gasteiger partial charge in [-0.3, -0.25) is 0 Å². The number of halogens is 2. The van der Waals surface area contributed by atoms with Crippen molar-refractivity contribution >= 4 is 34.7 Å². The molecule has 5 heteroatoms. The summed E-state index contributed by atoms with van der Waals surface area (Å²) < 4.78 is 0. The van der Waals surface area contributed by atoms with Gasteiger partial charge >= 0.3 is 34.7 Å². The van der Waals surface area contributed by atoms with E-state index in [0.29, 0.717) is 0 Å². The van der Waals surface area contributed by atoms with Crippen molar-refractivity contribution in [2.45, 2.75) is 0 Å². The first-order valence-electron chi connectivity index (χ1n) is 0.436. The third kappa shape index (κ3) is 39.1. The van der Waals surface area contributed by atoms with Gasteiger partial charge in [-0.15, -0.1) is 0 Å². The van der Waals surface area contributed by atoms with E-state index in [0.717, 1.165) is 0 Å². The van der Waals surface area contributed by atoms with Crippen molar-refractivity contribution in [3.05, 3.63) is 0 Å². The van der Waals surface area contributed by atoms with Gasteiger partial charge in [-0.2, -0.15) is 0 Å². The quantitative estimate of drug-likeness (QED) is 0.441. The normalized spacial score (nSPS) is 2.80. The first-order valence-corrected chi connectivity index (χ1v) is 6.80. The molecule has 2 nitrogen and oxygen atoms in total. The van der Waals surface area contributed by atoms with Gasteiger partial charge in [0.15, 0.2) is 0 Å². The third-order valence-corrected chi connectivity index (χ3v) is 0. The van der Waals surface area contributed by atoms with E-state index >= 15 is 0 Å². The average molecular weight is 177 g/mol. The fourth-order valence-corrected chi connectivity index (χ4v) is 0. The first kappa shape index (κ1) is 16.5. The van der Waals surface area contributed by atoms with Crippen molar-refractivity contribution < 1.29 is 11.0 Å². The Morgan fingerprint density at radius 1 is 1.00 bits per heavy atom. The SMILES string of the molecule is O.O.[Cl][Ga][Cl]. The molecule has 0 atom stereocenters. The third-order valence-electron chi connectivity index (χ3n) is 0. The van der Waals surface area contributed by atoms with Gasteiger partial charge in [0, 0.05) is 0 Å². The number of hydrogen-bond acceptors (Lipinski definition) is 0. The summed E-state index contributed by atoms with van der Waals surface area (Å²) in [6.07, 6.45) is 0. The van der Waals surface area contributed by atoms with Crippen LogP contribution < -0.4 is 0 Å². The Bertz CT molecular complexity index is 7.61. The summed E-state index contributed by atoms with van der Waals surface area (Å²) >= 11 is -0.743. The minimum atomic E-state index is -0.743. The summed E-state index contributed by atoms with van der Waals surface area (Å²) in [5.74, 6) is 0. The Kier molecular flexibility index (Phi) is 63.4. The van der Waals surface area contributed by atoms with Crippen LogP contribution in [-0.2, 0) is 0 Å². The summed E-state index contributed by atoms with van der Waals surface area (Å²) in [7, 11) is 9.84. The van der Waals surface area contributed by atoms with E-state index in [9.17, 15) is 0 Å². The van der Waals surface area contributed by atoms with Crippen LogP contribution in [0.5, 0.6) is 0 Å². The molecule has 0 fully saturated rings. The maximum absolute atomic E-state index is 4.92. The van der Waals surface area contributed by atoms with Gasteiger partial charge in [0.05, 0.1) is 0 Å². The molecule has 0 heterocycles. The molecule has 0 saturated heterocycles. The second kappa shape index (κ2) is 19.3. The Labute approximate surface area is 45.9 Å². The number of rotatable bonds is 0. The molecule has 0 aromatic carbocycles. The molecule has 0 rings (SSSR count). The molecule has 4 N–H and O–H groups in total. The molecule has 0 bridgehead atoms. The van der Waals surface area contributed by atoms with Crippen molar-refractivity contribution in [2.24, 2.45) is 0 Å². The molecule has 0 saturated carbocycles. The molecule has 0 aliphatic carbocycles. The van der Waals surface area contributed by atoms with Crippen LogP contribution in [0.15, 0.2) is 0 Å². The fraction of sp³-hybridized carbons (Fsp3) is 0. The monoisotopic (exact) mass is 175 g/mol. The van der Waals surface area contributed by atoms with E-state index in [1.165, 1.54) is 0 Å². The Hall–Kier alpha value is 1.14. The van der Waals surface area contributed by atoms with E-state index in [1.54, 1.807) is 0 Å². The van der Waals surface area contributed by atoms with Crippen LogP contribution in [0.3, 0.4) is 0 Å². The van der Waals surface area contributed by atoms with E-state index in [4.69, 9.17) is 19.3 Å². The predicted molar refractivity (Wildman–Crippen MR) is 24.7 cm³/mol. The van der Waals surface area contributed by atoms with Crippen LogP contribution in [-0.4, -0.2) is 26.4 Å². The second-order valence-corrected chi connectivity index (χ2v) is 3.86. The Balaban J connectivity index is -0.0000000200. The van der Waals surface area contributed by atoms with Crippen LogP contribution in [0, 0.1) is 0 Å². The molecule has 1 radical (unpaired) electrons. The van der Waals surface area contributed by atoms with Crippen LogP contribution in [0.25, 0.3) is 0 Å². The molecular formula is H4Cl2GaO2. The van der Waals surface area contributed by atoms with Gasteiger partial charge in [-0.25, -0.2) is 0 Å². The molecule has 0 unspecified atom stereocenters. The average Bonchev–Trinajstić information content (AvgIpc) is 0.918. The topological polar surface area (TPSA) is 63.0 Å². The molecule has 0 aliphatic rings. The zero-order valence-corrected chi connectivity index (χ0v) is 6.27. The van der Waals surface area contributed by atoms with Crippen LogP contribution in [0.2, 0.25) is 0 Å². The molecule has 0 amide bonds. The fourth-order valence-electron chi connectivity index (χ4n) is 0. The molecule has 0 spiro atoms. The predicted octanol–water partition coefficient (Wildman–Crippen LogP) is -0.651. The molecule has 33 valence electrons. The molecule has 0 aliphatic heterocycles. The van der Waals surface area contributed by atoms with E-state index < -0.39 is 15.4 Å². The molecule has 0 aromatic heterocycles. The second-order valence-electron chi connectivity index (χ2n) is 0.0825. The van der Waals surface area contributed by atoms with Gasteiger partial charge in [0.1, 0.15) is 0 Å². The molecule has 0 aromatic rings. The summed E-state index contributed by atoms with van der Waals surface area (Å²) in [5.41, 5.74) is 0. The maximum atomic E-state index is 4.92. The minimum absolute atomic E-state index is 0. The van der Waals surface area contributed by atoms with Crippen molar-refractivity contribution in [3.63, 3.8) is 0 Å². The Morgan fingerprint density at radius 2 is 1.00 bits per heavy atom. The standard InChI is InChI=1S/2ClH.Ga.2H2O/h2*1H;;2*1H2/q;;+2;;/p-2. The van der Waals surface area contributed by atoms with Crippen molar-refractivity contribution in [3.8, 4) is 0 Å². The van der Waals surface area contributed by atoms with E-state index in [-0.39, 0.29) is 11.0 Å². The summed E-state index contributed by atoms with van der Waals surface area (Å²) in [6, 6.07) is 0. The van der Waals surface area contributed by atoms with Crippen LogP contribution in [0.4, 0.5) is 0 Å². The summed E-state index contributed by atoms with van der Waals surface area (Å²) in [6.45, 7) is 0. The summed E-state index contributed by atoms with van der Waals surface area (Å²) in [5, 5.41) is 0. The van der Waals surface area contributed by atoms with Gasteiger partial charge in [0.2, 0.25) is 0 Å². The van der Waals surface area contributed by atoms with Crippen molar-refractivity contribution in [1.29, 1.82) is 0 Å². The van der Waals surface area contributed by atoms with E-state index in [2.05, 4.69) is 0 Å². The van der Waals surface area contributed by atoms with Crippen molar-refractivity contribution in [2.75, 3.05) is 0 Å². The first-order chi connectivity index (χ1) is 1.41. The number of hydrogen-bond donors (Lipinski definition) is 0. The van der Waals surface area contributed by atoms with Gasteiger partial charge in [-0.1, -0.05) is 0 Å². The van der Waals surface area contributed by atoms with Crippen LogP contribution >= 0.6 is 19.3 Å². The zero-order chi connectivity index (χ0) is 2.71. The van der Waals surface area contributed by atoms with Gasteiger partial charge in [-0.05, 0) is 0 Å². The summed E-state index contributed by atoms with van der Waals surface area (Å²) in [4.78, 5) is 0. The van der Waals surface area contributed by atoms with Gasteiger partial charge in [0.25, 0.3) is 0 Å². The zero-order valence-electron chi connectivity index (χ0n) is 2.33.